The fourth-order valence-electron chi connectivity index (χ4n) is 2.81. The first-order valence-corrected chi connectivity index (χ1v) is 12.3. The lowest BCUT2D eigenvalue weighted by atomic mass is 10.2. The van der Waals surface area contributed by atoms with Crippen LogP contribution < -0.4 is 20.1 Å². The predicted molar refractivity (Wildman–Crippen MR) is 125 cm³/mol. The van der Waals surface area contributed by atoms with Gasteiger partial charge in [-0.15, -0.1) is 0 Å². The van der Waals surface area contributed by atoms with Crippen molar-refractivity contribution >= 4 is 33.2 Å². The molecule has 9 heteroatoms. The molecule has 0 bridgehead atoms. The molecule has 0 aromatic heterocycles. The Bertz CT molecular complexity index is 987. The molecule has 1 amide bonds. The first-order valence-electron chi connectivity index (χ1n) is 9.80. The van der Waals surface area contributed by atoms with Gasteiger partial charge in [0.25, 0.3) is 0 Å². The molecular formula is C22H30N2O5S2. The van der Waals surface area contributed by atoms with Crippen LogP contribution in [0.2, 0.25) is 0 Å². The quantitative estimate of drug-likeness (QED) is 0.517. The van der Waals surface area contributed by atoms with Gasteiger partial charge < -0.3 is 20.1 Å². The highest BCUT2D eigenvalue weighted by Crippen LogP contribution is 2.42. The van der Waals surface area contributed by atoms with E-state index in [2.05, 4.69) is 31.4 Å². The number of rotatable bonds is 10. The minimum atomic E-state index is -3.93. The van der Waals surface area contributed by atoms with E-state index in [1.165, 1.54) is 26.4 Å². The monoisotopic (exact) mass is 466 g/mol. The second kappa shape index (κ2) is 10.8. The second-order valence-electron chi connectivity index (χ2n) is 7.66. The lowest BCUT2D eigenvalue weighted by Crippen LogP contribution is -2.32. The van der Waals surface area contributed by atoms with Crippen LogP contribution in [0, 0.1) is 0 Å². The zero-order valence-electron chi connectivity index (χ0n) is 18.5. The van der Waals surface area contributed by atoms with Gasteiger partial charge in [0.2, 0.25) is 15.7 Å². The first kappa shape index (κ1) is 24.9. The molecule has 0 aliphatic heterocycles. The van der Waals surface area contributed by atoms with E-state index in [9.17, 15) is 13.2 Å². The van der Waals surface area contributed by atoms with Crippen LogP contribution in [0.1, 0.15) is 20.8 Å². The van der Waals surface area contributed by atoms with Crippen LogP contribution >= 0.6 is 11.8 Å². The molecule has 0 unspecified atom stereocenters. The van der Waals surface area contributed by atoms with Crippen molar-refractivity contribution in [3.05, 3.63) is 42.5 Å². The van der Waals surface area contributed by atoms with Crippen LogP contribution in [0.4, 0.5) is 5.69 Å². The molecule has 2 aromatic carbocycles. The fourth-order valence-corrected chi connectivity index (χ4v) is 5.23. The van der Waals surface area contributed by atoms with Crippen molar-refractivity contribution in [3.8, 4) is 11.5 Å². The molecule has 0 radical (unpaired) electrons. The van der Waals surface area contributed by atoms with Gasteiger partial charge in [-0.3, -0.25) is 4.79 Å². The third-order valence-corrected chi connectivity index (χ3v) is 7.33. The molecule has 0 spiro atoms. The Morgan fingerprint density at radius 1 is 1.03 bits per heavy atom. The maximum Gasteiger partial charge on any atom is 0.239 e. The van der Waals surface area contributed by atoms with Crippen molar-refractivity contribution < 1.29 is 22.7 Å². The third kappa shape index (κ3) is 6.80. The fraction of sp³-hybridized carbons (Fsp3) is 0.409. The molecule has 7 nitrogen and oxygen atoms in total. The van der Waals surface area contributed by atoms with Gasteiger partial charge in [-0.25, -0.2) is 8.42 Å². The number of amides is 1. The topological polar surface area (TPSA) is 93.7 Å². The number of benzene rings is 2. The maximum atomic E-state index is 13.4. The molecule has 31 heavy (non-hydrogen) atoms. The Labute approximate surface area is 188 Å². The molecule has 0 saturated heterocycles. The van der Waals surface area contributed by atoms with Crippen molar-refractivity contribution in [2.24, 2.45) is 0 Å². The molecule has 0 heterocycles. The van der Waals surface area contributed by atoms with Crippen molar-refractivity contribution in [1.29, 1.82) is 0 Å². The van der Waals surface area contributed by atoms with Gasteiger partial charge in [-0.1, -0.05) is 39.0 Å². The average Bonchev–Trinajstić information content (AvgIpc) is 2.74. The van der Waals surface area contributed by atoms with Crippen LogP contribution in [-0.4, -0.2) is 52.1 Å². The highest BCUT2D eigenvalue weighted by Gasteiger charge is 2.28. The molecule has 0 aliphatic rings. The van der Waals surface area contributed by atoms with E-state index < -0.39 is 9.84 Å². The summed E-state index contributed by atoms with van der Waals surface area (Å²) in [7, 11) is -1.12. The van der Waals surface area contributed by atoms with E-state index >= 15 is 0 Å². The zero-order chi connectivity index (χ0) is 23.1. The standard InChI is InChI=1S/C22H30N2O5S2/c1-22(2,3)30-14-13-23-19(25)15-24-17-11-12-18(28-4)20(29-5)21(17)31(26,27)16-9-7-6-8-10-16/h6-12,24H,13-15H2,1-5H3,(H,23,25). The number of hydrogen-bond donors (Lipinski definition) is 2. The van der Waals surface area contributed by atoms with Crippen LogP contribution in [0.3, 0.4) is 0 Å². The summed E-state index contributed by atoms with van der Waals surface area (Å²) < 4.78 is 37.5. The Balaban J connectivity index is 2.25. The highest BCUT2D eigenvalue weighted by atomic mass is 32.2. The summed E-state index contributed by atoms with van der Waals surface area (Å²) in [5.74, 6) is 0.927. The predicted octanol–water partition coefficient (Wildman–Crippen LogP) is 3.60. The molecular weight excluding hydrogens is 436 g/mol. The van der Waals surface area contributed by atoms with Gasteiger partial charge in [0.15, 0.2) is 11.5 Å². The molecule has 2 aromatic rings. The lowest BCUT2D eigenvalue weighted by Gasteiger charge is -2.19. The second-order valence-corrected chi connectivity index (χ2v) is 11.5. The van der Waals surface area contributed by atoms with Crippen LogP contribution in [0.15, 0.2) is 52.3 Å². The molecule has 0 aliphatic carbocycles. The molecule has 2 N–H and O–H groups in total. The minimum Gasteiger partial charge on any atom is -0.493 e. The van der Waals surface area contributed by atoms with Gasteiger partial charge >= 0.3 is 0 Å². The summed E-state index contributed by atoms with van der Waals surface area (Å²) in [4.78, 5) is 12.3. The van der Waals surface area contributed by atoms with Crippen molar-refractivity contribution in [2.45, 2.75) is 35.3 Å². The van der Waals surface area contributed by atoms with E-state index in [4.69, 9.17) is 9.47 Å². The zero-order valence-corrected chi connectivity index (χ0v) is 20.2. The van der Waals surface area contributed by atoms with Crippen molar-refractivity contribution in [1.82, 2.24) is 5.32 Å². The van der Waals surface area contributed by atoms with Gasteiger partial charge in [-0.05, 0) is 24.3 Å². The first-order chi connectivity index (χ1) is 14.6. The minimum absolute atomic E-state index is 0.0726. The molecule has 170 valence electrons. The number of methoxy groups -OCH3 is 2. The largest absolute Gasteiger partial charge is 0.493 e. The summed E-state index contributed by atoms with van der Waals surface area (Å²) in [5.41, 5.74) is 0.265. The average molecular weight is 467 g/mol. The molecule has 2 rings (SSSR count). The SMILES string of the molecule is COc1ccc(NCC(=O)NCCSC(C)(C)C)c(S(=O)(=O)c2ccccc2)c1OC. The summed E-state index contributed by atoms with van der Waals surface area (Å²) >= 11 is 1.76. The Morgan fingerprint density at radius 2 is 1.71 bits per heavy atom. The van der Waals surface area contributed by atoms with Crippen LogP contribution in [-0.2, 0) is 14.6 Å². The van der Waals surface area contributed by atoms with Crippen LogP contribution in [0.5, 0.6) is 11.5 Å². The van der Waals surface area contributed by atoms with Gasteiger partial charge in [0, 0.05) is 17.0 Å². The van der Waals surface area contributed by atoms with E-state index in [1.807, 2.05) is 0 Å². The van der Waals surface area contributed by atoms with Gasteiger partial charge in [0.1, 0.15) is 4.90 Å². The third-order valence-electron chi connectivity index (χ3n) is 4.22. The van der Waals surface area contributed by atoms with E-state index in [1.54, 1.807) is 42.1 Å². The molecule has 0 saturated carbocycles. The maximum absolute atomic E-state index is 13.4. The summed E-state index contributed by atoms with van der Waals surface area (Å²) in [5, 5.41) is 5.78. The number of ether oxygens (including phenoxy) is 2. The molecule has 0 fully saturated rings. The Morgan fingerprint density at radius 3 is 2.29 bits per heavy atom. The summed E-state index contributed by atoms with van der Waals surface area (Å²) in [6.07, 6.45) is 0. The summed E-state index contributed by atoms with van der Waals surface area (Å²) in [6, 6.07) is 11.2. The number of hydrogen-bond acceptors (Lipinski definition) is 7. The van der Waals surface area contributed by atoms with E-state index in [-0.39, 0.29) is 44.2 Å². The van der Waals surface area contributed by atoms with Gasteiger partial charge in [-0.2, -0.15) is 11.8 Å². The highest BCUT2D eigenvalue weighted by molar-refractivity contribution is 8.00. The number of sulfone groups is 1. The number of thioether (sulfide) groups is 1. The summed E-state index contributed by atoms with van der Waals surface area (Å²) in [6.45, 7) is 6.81. The van der Waals surface area contributed by atoms with Crippen LogP contribution in [0.25, 0.3) is 0 Å². The normalized spacial score (nSPS) is 11.6. The van der Waals surface area contributed by atoms with E-state index in [0.29, 0.717) is 6.54 Å². The molecule has 0 atom stereocenters. The lowest BCUT2D eigenvalue weighted by molar-refractivity contribution is -0.119. The Kier molecular flexibility index (Phi) is 8.64. The Hall–Kier alpha value is -2.39. The van der Waals surface area contributed by atoms with Gasteiger partial charge in [0.05, 0.1) is 31.3 Å². The van der Waals surface area contributed by atoms with E-state index in [0.717, 1.165) is 5.75 Å². The smallest absolute Gasteiger partial charge is 0.239 e. The van der Waals surface area contributed by atoms with Crippen molar-refractivity contribution in [2.75, 3.05) is 38.4 Å². The number of anilines is 1. The van der Waals surface area contributed by atoms with Crippen molar-refractivity contribution in [3.63, 3.8) is 0 Å². The number of carbonyl (C=O) groups is 1. The number of nitrogens with one attached hydrogen (secondary N) is 2. The number of carbonyl (C=O) groups excluding carboxylic acids is 1.